The van der Waals surface area contributed by atoms with Crippen molar-refractivity contribution in [1.82, 2.24) is 5.32 Å². The highest BCUT2D eigenvalue weighted by atomic mass is 16.5. The van der Waals surface area contributed by atoms with E-state index < -0.39 is 0 Å². The molecule has 1 aliphatic heterocycles. The van der Waals surface area contributed by atoms with Crippen molar-refractivity contribution < 1.29 is 9.84 Å². The van der Waals surface area contributed by atoms with Gasteiger partial charge < -0.3 is 15.2 Å². The largest absolute Gasteiger partial charge is 0.508 e. The molecule has 2 aromatic carbocycles. The molecule has 0 aliphatic carbocycles. The van der Waals surface area contributed by atoms with Crippen LogP contribution in [0, 0.1) is 0 Å². The normalized spacial score (nSPS) is 17.6. The van der Waals surface area contributed by atoms with Crippen LogP contribution in [0.15, 0.2) is 42.5 Å². The summed E-state index contributed by atoms with van der Waals surface area (Å²) in [6.45, 7) is 0.989. The van der Waals surface area contributed by atoms with Crippen LogP contribution in [0.3, 0.4) is 0 Å². The predicted molar refractivity (Wildman–Crippen MR) is 79.3 cm³/mol. The molecule has 0 bridgehead atoms. The molecule has 3 heteroatoms. The SMILES string of the molecule is COc1ccc2c(c1)CCN[C@H]2Cc1ccc(O)cc1. The molecule has 1 atom stereocenters. The fourth-order valence-electron chi connectivity index (χ4n) is 2.81. The molecule has 0 saturated heterocycles. The lowest BCUT2D eigenvalue weighted by Gasteiger charge is -2.27. The maximum absolute atomic E-state index is 9.35. The van der Waals surface area contributed by atoms with Gasteiger partial charge in [-0.3, -0.25) is 0 Å². The Bertz CT molecular complexity index is 592. The molecule has 2 N–H and O–H groups in total. The van der Waals surface area contributed by atoms with E-state index in [0.717, 1.165) is 25.1 Å². The van der Waals surface area contributed by atoms with E-state index in [2.05, 4.69) is 17.4 Å². The standard InChI is InChI=1S/C17H19NO2/c1-20-15-6-7-16-13(11-15)8-9-18-17(16)10-12-2-4-14(19)5-3-12/h2-7,11,17-19H,8-10H2,1H3/t17-/m0/s1. The molecule has 1 aliphatic rings. The van der Waals surface area contributed by atoms with Crippen LogP contribution in [0.1, 0.15) is 22.7 Å². The van der Waals surface area contributed by atoms with Crippen LogP contribution < -0.4 is 10.1 Å². The fourth-order valence-corrected chi connectivity index (χ4v) is 2.81. The second kappa shape index (κ2) is 5.55. The number of phenols is 1. The van der Waals surface area contributed by atoms with Gasteiger partial charge in [0.1, 0.15) is 11.5 Å². The molecule has 0 aromatic heterocycles. The summed E-state index contributed by atoms with van der Waals surface area (Å²) in [5.41, 5.74) is 3.95. The first-order valence-corrected chi connectivity index (χ1v) is 6.94. The molecule has 3 nitrogen and oxygen atoms in total. The maximum atomic E-state index is 9.35. The number of ether oxygens (including phenoxy) is 1. The maximum Gasteiger partial charge on any atom is 0.119 e. The summed E-state index contributed by atoms with van der Waals surface area (Å²) in [5, 5.41) is 12.9. The molecule has 0 amide bonds. The van der Waals surface area contributed by atoms with Gasteiger partial charge in [-0.15, -0.1) is 0 Å². The molecule has 3 rings (SSSR count). The quantitative estimate of drug-likeness (QED) is 0.900. The molecular weight excluding hydrogens is 250 g/mol. The van der Waals surface area contributed by atoms with Gasteiger partial charge in [0.15, 0.2) is 0 Å². The third-order valence-corrected chi connectivity index (χ3v) is 3.89. The van der Waals surface area contributed by atoms with Gasteiger partial charge in [0.05, 0.1) is 7.11 Å². The van der Waals surface area contributed by atoms with Gasteiger partial charge in [0.25, 0.3) is 0 Å². The zero-order valence-electron chi connectivity index (χ0n) is 11.6. The number of hydrogen-bond acceptors (Lipinski definition) is 3. The zero-order valence-corrected chi connectivity index (χ0v) is 11.6. The number of rotatable bonds is 3. The smallest absolute Gasteiger partial charge is 0.119 e. The van der Waals surface area contributed by atoms with E-state index >= 15 is 0 Å². The van der Waals surface area contributed by atoms with Crippen LogP contribution >= 0.6 is 0 Å². The number of hydrogen-bond donors (Lipinski definition) is 2. The Morgan fingerprint density at radius 1 is 1.20 bits per heavy atom. The third kappa shape index (κ3) is 2.63. The highest BCUT2D eigenvalue weighted by Gasteiger charge is 2.20. The van der Waals surface area contributed by atoms with Crippen LogP contribution in [0.5, 0.6) is 11.5 Å². The summed E-state index contributed by atoms with van der Waals surface area (Å²) in [6.07, 6.45) is 1.97. The molecule has 0 saturated carbocycles. The highest BCUT2D eigenvalue weighted by molar-refractivity contribution is 5.40. The van der Waals surface area contributed by atoms with Gasteiger partial charge in [-0.05, 0) is 60.3 Å². The number of benzene rings is 2. The average Bonchev–Trinajstić information content (AvgIpc) is 2.49. The Morgan fingerprint density at radius 3 is 2.75 bits per heavy atom. The predicted octanol–water partition coefficient (Wildman–Crippen LogP) is 2.83. The van der Waals surface area contributed by atoms with E-state index in [1.54, 1.807) is 19.2 Å². The van der Waals surface area contributed by atoms with Crippen LogP contribution in [0.2, 0.25) is 0 Å². The van der Waals surface area contributed by atoms with Gasteiger partial charge in [-0.1, -0.05) is 18.2 Å². The Hall–Kier alpha value is -2.00. The monoisotopic (exact) mass is 269 g/mol. The summed E-state index contributed by atoms with van der Waals surface area (Å²) in [7, 11) is 1.71. The molecule has 1 heterocycles. The first-order valence-electron chi connectivity index (χ1n) is 6.94. The van der Waals surface area contributed by atoms with Crippen molar-refractivity contribution in [3.63, 3.8) is 0 Å². The second-order valence-electron chi connectivity index (χ2n) is 5.19. The van der Waals surface area contributed by atoms with E-state index in [1.165, 1.54) is 16.7 Å². The number of phenolic OH excluding ortho intramolecular Hbond substituents is 1. The van der Waals surface area contributed by atoms with E-state index in [4.69, 9.17) is 4.74 Å². The van der Waals surface area contributed by atoms with Crippen molar-refractivity contribution in [2.24, 2.45) is 0 Å². The summed E-state index contributed by atoms with van der Waals surface area (Å²) in [4.78, 5) is 0. The molecule has 0 spiro atoms. The van der Waals surface area contributed by atoms with Crippen molar-refractivity contribution in [2.75, 3.05) is 13.7 Å². The van der Waals surface area contributed by atoms with Crippen molar-refractivity contribution in [3.05, 3.63) is 59.2 Å². The van der Waals surface area contributed by atoms with Crippen molar-refractivity contribution in [3.8, 4) is 11.5 Å². The number of methoxy groups -OCH3 is 1. The van der Waals surface area contributed by atoms with E-state index in [0.29, 0.717) is 11.8 Å². The lowest BCUT2D eigenvalue weighted by molar-refractivity contribution is 0.412. The number of nitrogens with one attached hydrogen (secondary N) is 1. The molecule has 20 heavy (non-hydrogen) atoms. The van der Waals surface area contributed by atoms with Crippen molar-refractivity contribution in [1.29, 1.82) is 0 Å². The lowest BCUT2D eigenvalue weighted by atomic mass is 9.90. The van der Waals surface area contributed by atoms with Gasteiger partial charge in [0, 0.05) is 6.04 Å². The second-order valence-corrected chi connectivity index (χ2v) is 5.19. The summed E-state index contributed by atoms with van der Waals surface area (Å²) < 4.78 is 5.30. The molecular formula is C17H19NO2. The first-order chi connectivity index (χ1) is 9.76. The minimum atomic E-state index is 0.315. The molecule has 0 radical (unpaired) electrons. The lowest BCUT2D eigenvalue weighted by Crippen LogP contribution is -2.31. The van der Waals surface area contributed by atoms with Crippen LogP contribution in [0.4, 0.5) is 0 Å². The van der Waals surface area contributed by atoms with Gasteiger partial charge in [0.2, 0.25) is 0 Å². The van der Waals surface area contributed by atoms with E-state index in [-0.39, 0.29) is 0 Å². The van der Waals surface area contributed by atoms with Crippen LogP contribution in [0.25, 0.3) is 0 Å². The Kier molecular flexibility index (Phi) is 3.61. The minimum absolute atomic E-state index is 0.315. The number of fused-ring (bicyclic) bond motifs is 1. The third-order valence-electron chi connectivity index (χ3n) is 3.89. The van der Waals surface area contributed by atoms with Crippen LogP contribution in [-0.4, -0.2) is 18.8 Å². The Labute approximate surface area is 119 Å². The molecule has 0 fully saturated rings. The minimum Gasteiger partial charge on any atom is -0.508 e. The Morgan fingerprint density at radius 2 is 2.00 bits per heavy atom. The van der Waals surface area contributed by atoms with E-state index in [1.807, 2.05) is 18.2 Å². The van der Waals surface area contributed by atoms with E-state index in [9.17, 15) is 5.11 Å². The van der Waals surface area contributed by atoms with Gasteiger partial charge >= 0.3 is 0 Å². The molecule has 104 valence electrons. The topological polar surface area (TPSA) is 41.5 Å². The first kappa shape index (κ1) is 13.0. The number of aromatic hydroxyl groups is 1. The fraction of sp³-hybridized carbons (Fsp3) is 0.294. The van der Waals surface area contributed by atoms with Crippen molar-refractivity contribution in [2.45, 2.75) is 18.9 Å². The van der Waals surface area contributed by atoms with Gasteiger partial charge in [-0.2, -0.15) is 0 Å². The highest BCUT2D eigenvalue weighted by Crippen LogP contribution is 2.29. The van der Waals surface area contributed by atoms with Crippen molar-refractivity contribution >= 4 is 0 Å². The average molecular weight is 269 g/mol. The summed E-state index contributed by atoms with van der Waals surface area (Å²) in [6, 6.07) is 14.1. The summed E-state index contributed by atoms with van der Waals surface area (Å²) >= 11 is 0. The molecule has 0 unspecified atom stereocenters. The summed E-state index contributed by atoms with van der Waals surface area (Å²) in [5.74, 6) is 1.24. The zero-order chi connectivity index (χ0) is 13.9. The Balaban J connectivity index is 1.84. The van der Waals surface area contributed by atoms with Gasteiger partial charge in [-0.25, -0.2) is 0 Å². The van der Waals surface area contributed by atoms with Crippen LogP contribution in [-0.2, 0) is 12.8 Å². The molecule has 2 aromatic rings.